The fraction of sp³-hybridized carbons (Fsp3) is 0.500. The second-order valence-corrected chi connectivity index (χ2v) is 5.31. The maximum Gasteiger partial charge on any atom is 0.406 e. The van der Waals surface area contributed by atoms with Gasteiger partial charge in [0, 0.05) is 19.8 Å². The summed E-state index contributed by atoms with van der Waals surface area (Å²) in [6.45, 7) is 0.499. The molecule has 1 saturated heterocycles. The monoisotopic (exact) mass is 315 g/mol. The van der Waals surface area contributed by atoms with Crippen molar-refractivity contribution in [2.75, 3.05) is 20.1 Å². The molecule has 0 saturated carbocycles. The van der Waals surface area contributed by atoms with Gasteiger partial charge in [-0.25, -0.2) is 0 Å². The molecule has 1 fully saturated rings. The van der Waals surface area contributed by atoms with Crippen LogP contribution in [-0.4, -0.2) is 59.0 Å². The molecule has 0 bridgehead atoms. The average molecular weight is 315 g/mol. The molecule has 0 aromatic carbocycles. The lowest BCUT2D eigenvalue weighted by Gasteiger charge is -2.24. The highest BCUT2D eigenvalue weighted by Crippen LogP contribution is 2.23. The number of likely N-dealkylation sites (tertiary alicyclic amines) is 1. The van der Waals surface area contributed by atoms with Crippen molar-refractivity contribution in [3.8, 4) is 0 Å². The van der Waals surface area contributed by atoms with Crippen LogP contribution in [0.15, 0.2) is 18.3 Å². The normalized spacial score (nSPS) is 18.7. The standard InChI is InChI=1S/C14H16F3N3O2/c1-9-3-5-18-10(7-9)12(21)19(2)11-4-6-20(13(11)22)8-14(15,16)17/h3,5,7,11H,4,6,8H2,1-2H3. The molecule has 2 heterocycles. The van der Waals surface area contributed by atoms with Crippen LogP contribution in [0, 0.1) is 6.92 Å². The number of rotatable bonds is 3. The number of amides is 2. The molecule has 0 N–H and O–H groups in total. The number of carbonyl (C=O) groups is 2. The number of alkyl halides is 3. The van der Waals surface area contributed by atoms with Gasteiger partial charge in [-0.05, 0) is 31.0 Å². The highest BCUT2D eigenvalue weighted by molar-refractivity contribution is 5.96. The number of likely N-dealkylation sites (N-methyl/N-ethyl adjacent to an activating group) is 1. The molecule has 8 heteroatoms. The number of hydrogen-bond acceptors (Lipinski definition) is 3. The molecule has 2 rings (SSSR count). The Labute approximate surface area is 125 Å². The summed E-state index contributed by atoms with van der Waals surface area (Å²) in [5.74, 6) is -1.16. The molecule has 22 heavy (non-hydrogen) atoms. The van der Waals surface area contributed by atoms with Gasteiger partial charge >= 0.3 is 6.18 Å². The van der Waals surface area contributed by atoms with E-state index in [9.17, 15) is 22.8 Å². The minimum Gasteiger partial charge on any atom is -0.332 e. The number of hydrogen-bond donors (Lipinski definition) is 0. The third kappa shape index (κ3) is 3.55. The van der Waals surface area contributed by atoms with Crippen LogP contribution in [0.1, 0.15) is 22.5 Å². The Morgan fingerprint density at radius 3 is 2.77 bits per heavy atom. The summed E-state index contributed by atoms with van der Waals surface area (Å²) in [5, 5.41) is 0. The van der Waals surface area contributed by atoms with Crippen LogP contribution >= 0.6 is 0 Å². The first-order valence-electron chi connectivity index (χ1n) is 6.74. The maximum absolute atomic E-state index is 12.4. The van der Waals surface area contributed by atoms with E-state index in [-0.39, 0.29) is 18.7 Å². The van der Waals surface area contributed by atoms with E-state index in [1.54, 1.807) is 19.1 Å². The van der Waals surface area contributed by atoms with Crippen LogP contribution in [0.3, 0.4) is 0 Å². The Bertz CT molecular complexity index is 589. The predicted octanol–water partition coefficient (Wildman–Crippen LogP) is 1.63. The third-order valence-electron chi connectivity index (χ3n) is 3.56. The lowest BCUT2D eigenvalue weighted by molar-refractivity contribution is -0.158. The minimum absolute atomic E-state index is 0.0120. The largest absolute Gasteiger partial charge is 0.406 e. The molecule has 120 valence electrons. The molecule has 1 aliphatic rings. The first-order valence-corrected chi connectivity index (χ1v) is 6.74. The maximum atomic E-state index is 12.4. The summed E-state index contributed by atoms with van der Waals surface area (Å²) >= 11 is 0. The zero-order valence-electron chi connectivity index (χ0n) is 12.2. The van der Waals surface area contributed by atoms with E-state index in [1.165, 1.54) is 18.1 Å². The van der Waals surface area contributed by atoms with Crippen molar-refractivity contribution < 1.29 is 22.8 Å². The van der Waals surface area contributed by atoms with Crippen molar-refractivity contribution in [1.29, 1.82) is 0 Å². The summed E-state index contributed by atoms with van der Waals surface area (Å²) in [6, 6.07) is 2.42. The van der Waals surface area contributed by atoms with Crippen LogP contribution in [0.2, 0.25) is 0 Å². The summed E-state index contributed by atoms with van der Waals surface area (Å²) in [4.78, 5) is 30.2. The minimum atomic E-state index is -4.44. The Balaban J connectivity index is 2.09. The zero-order valence-corrected chi connectivity index (χ0v) is 12.2. The van der Waals surface area contributed by atoms with Crippen LogP contribution in [0.4, 0.5) is 13.2 Å². The lowest BCUT2D eigenvalue weighted by atomic mass is 10.2. The molecular formula is C14H16F3N3O2. The van der Waals surface area contributed by atoms with E-state index in [0.29, 0.717) is 0 Å². The Kier molecular flexibility index (Phi) is 4.39. The van der Waals surface area contributed by atoms with Gasteiger partial charge in [0.25, 0.3) is 5.91 Å². The fourth-order valence-electron chi connectivity index (χ4n) is 2.43. The van der Waals surface area contributed by atoms with Gasteiger partial charge in [0.15, 0.2) is 0 Å². The topological polar surface area (TPSA) is 53.5 Å². The van der Waals surface area contributed by atoms with Gasteiger partial charge in [-0.15, -0.1) is 0 Å². The number of aromatic nitrogens is 1. The fourth-order valence-corrected chi connectivity index (χ4v) is 2.43. The van der Waals surface area contributed by atoms with Crippen LogP contribution in [-0.2, 0) is 4.79 Å². The molecule has 1 unspecified atom stereocenters. The van der Waals surface area contributed by atoms with Gasteiger partial charge in [0.05, 0.1) is 0 Å². The molecule has 1 atom stereocenters. The molecule has 2 amide bonds. The molecular weight excluding hydrogens is 299 g/mol. The van der Waals surface area contributed by atoms with Crippen molar-refractivity contribution in [3.63, 3.8) is 0 Å². The molecule has 1 aromatic heterocycles. The van der Waals surface area contributed by atoms with Gasteiger partial charge in [0.2, 0.25) is 5.91 Å². The number of nitrogens with zero attached hydrogens (tertiary/aromatic N) is 3. The lowest BCUT2D eigenvalue weighted by Crippen LogP contribution is -2.45. The zero-order chi connectivity index (χ0) is 16.5. The number of carbonyl (C=O) groups excluding carboxylic acids is 2. The first kappa shape index (κ1) is 16.3. The van der Waals surface area contributed by atoms with Gasteiger partial charge in [-0.3, -0.25) is 14.6 Å². The van der Waals surface area contributed by atoms with Crippen LogP contribution in [0.25, 0.3) is 0 Å². The summed E-state index contributed by atoms with van der Waals surface area (Å²) in [6.07, 6.45) is -2.78. The van der Waals surface area contributed by atoms with Crippen LogP contribution in [0.5, 0.6) is 0 Å². The van der Waals surface area contributed by atoms with E-state index in [2.05, 4.69) is 4.98 Å². The number of aryl methyl sites for hydroxylation is 1. The van der Waals surface area contributed by atoms with Crippen molar-refractivity contribution >= 4 is 11.8 Å². The smallest absolute Gasteiger partial charge is 0.332 e. The molecule has 0 radical (unpaired) electrons. The SMILES string of the molecule is Cc1ccnc(C(=O)N(C)C2CCN(CC(F)(F)F)C2=O)c1. The van der Waals surface area contributed by atoms with E-state index < -0.39 is 30.6 Å². The first-order chi connectivity index (χ1) is 10.2. The van der Waals surface area contributed by atoms with Gasteiger partial charge in [-0.2, -0.15) is 13.2 Å². The van der Waals surface area contributed by atoms with Gasteiger partial charge in [-0.1, -0.05) is 0 Å². The van der Waals surface area contributed by atoms with E-state index in [4.69, 9.17) is 0 Å². The predicted molar refractivity (Wildman–Crippen MR) is 72.1 cm³/mol. The second kappa shape index (κ2) is 5.94. The van der Waals surface area contributed by atoms with E-state index in [1.807, 2.05) is 0 Å². The second-order valence-electron chi connectivity index (χ2n) is 5.31. The van der Waals surface area contributed by atoms with E-state index in [0.717, 1.165) is 10.5 Å². The van der Waals surface area contributed by atoms with Crippen molar-refractivity contribution in [2.24, 2.45) is 0 Å². The highest BCUT2D eigenvalue weighted by Gasteiger charge is 2.41. The molecule has 1 aliphatic heterocycles. The van der Waals surface area contributed by atoms with Gasteiger partial charge < -0.3 is 9.80 Å². The Morgan fingerprint density at radius 2 is 2.18 bits per heavy atom. The summed E-state index contributed by atoms with van der Waals surface area (Å²) < 4.78 is 37.2. The molecule has 0 aliphatic carbocycles. The Hall–Kier alpha value is -2.12. The summed E-state index contributed by atoms with van der Waals surface area (Å²) in [5.41, 5.74) is 1.01. The van der Waals surface area contributed by atoms with Crippen molar-refractivity contribution in [2.45, 2.75) is 25.6 Å². The molecule has 1 aromatic rings. The Morgan fingerprint density at radius 1 is 1.50 bits per heavy atom. The third-order valence-corrected chi connectivity index (χ3v) is 3.56. The summed E-state index contributed by atoms with van der Waals surface area (Å²) in [7, 11) is 1.41. The number of halogens is 3. The van der Waals surface area contributed by atoms with Crippen LogP contribution < -0.4 is 0 Å². The van der Waals surface area contributed by atoms with Crippen molar-refractivity contribution in [3.05, 3.63) is 29.6 Å². The number of pyridine rings is 1. The molecule has 5 nitrogen and oxygen atoms in total. The quantitative estimate of drug-likeness (QED) is 0.852. The van der Waals surface area contributed by atoms with Crippen molar-refractivity contribution in [1.82, 2.24) is 14.8 Å². The van der Waals surface area contributed by atoms with Gasteiger partial charge in [0.1, 0.15) is 18.3 Å². The highest BCUT2D eigenvalue weighted by atomic mass is 19.4. The van der Waals surface area contributed by atoms with E-state index >= 15 is 0 Å². The molecule has 0 spiro atoms. The average Bonchev–Trinajstić information content (AvgIpc) is 2.77.